The second-order valence-corrected chi connectivity index (χ2v) is 8.65. The largest absolute Gasteiger partial charge is 0.351 e. The number of hydrogen-bond acceptors (Lipinski definition) is 6. The molecule has 1 saturated heterocycles. The van der Waals surface area contributed by atoms with Crippen molar-refractivity contribution in [2.24, 2.45) is 7.05 Å². The van der Waals surface area contributed by atoms with Gasteiger partial charge in [0, 0.05) is 43.4 Å². The number of nitrogens with zero attached hydrogens (tertiary/aromatic N) is 5. The number of rotatable bonds is 6. The van der Waals surface area contributed by atoms with E-state index in [0.717, 1.165) is 55.0 Å². The highest BCUT2D eigenvalue weighted by Gasteiger charge is 2.21. The van der Waals surface area contributed by atoms with Gasteiger partial charge in [-0.25, -0.2) is 0 Å². The molecule has 2 aromatic heterocycles. The lowest BCUT2D eigenvalue weighted by molar-refractivity contribution is 0.211. The number of nitrogens with one attached hydrogen (secondary N) is 2. The van der Waals surface area contributed by atoms with Crippen molar-refractivity contribution in [2.75, 3.05) is 23.7 Å². The highest BCUT2D eigenvalue weighted by atomic mass is 35.5. The predicted molar refractivity (Wildman–Crippen MR) is 129 cm³/mol. The van der Waals surface area contributed by atoms with E-state index in [4.69, 9.17) is 21.6 Å². The summed E-state index contributed by atoms with van der Waals surface area (Å²) in [4.78, 5) is 12.0. The SMILES string of the molecule is Cn1ncc2c(Nc3ccc(Cl)cc3)nc(NC3CCN(Cc4ccccc4)CC3)nc21. The van der Waals surface area contributed by atoms with Gasteiger partial charge in [0.05, 0.1) is 11.6 Å². The molecule has 7 nitrogen and oxygen atoms in total. The van der Waals surface area contributed by atoms with Gasteiger partial charge in [-0.05, 0) is 42.7 Å². The molecule has 8 heteroatoms. The molecule has 0 atom stereocenters. The monoisotopic (exact) mass is 447 g/mol. The fourth-order valence-corrected chi connectivity index (χ4v) is 4.24. The number of aryl methyl sites for hydroxylation is 1. The van der Waals surface area contributed by atoms with Crippen molar-refractivity contribution in [1.29, 1.82) is 0 Å². The smallest absolute Gasteiger partial charge is 0.226 e. The number of piperidine rings is 1. The van der Waals surface area contributed by atoms with Crippen LogP contribution in [0, 0.1) is 0 Å². The van der Waals surface area contributed by atoms with Crippen molar-refractivity contribution >= 4 is 40.1 Å². The number of hydrogen-bond donors (Lipinski definition) is 2. The van der Waals surface area contributed by atoms with Crippen molar-refractivity contribution in [3.05, 3.63) is 71.4 Å². The Morgan fingerprint density at radius 2 is 1.75 bits per heavy atom. The number of fused-ring (bicyclic) bond motifs is 1. The third-order valence-corrected chi connectivity index (χ3v) is 6.12. The summed E-state index contributed by atoms with van der Waals surface area (Å²) in [6.07, 6.45) is 3.90. The molecule has 1 aliphatic rings. The molecule has 0 amide bonds. The van der Waals surface area contributed by atoms with Gasteiger partial charge >= 0.3 is 0 Å². The van der Waals surface area contributed by atoms with Gasteiger partial charge in [-0.1, -0.05) is 41.9 Å². The maximum absolute atomic E-state index is 6.02. The Morgan fingerprint density at radius 1 is 1.00 bits per heavy atom. The lowest BCUT2D eigenvalue weighted by atomic mass is 10.0. The Kier molecular flexibility index (Phi) is 5.92. The lowest BCUT2D eigenvalue weighted by Crippen LogP contribution is -2.39. The van der Waals surface area contributed by atoms with Crippen LogP contribution in [0.4, 0.5) is 17.5 Å². The number of anilines is 3. The third-order valence-electron chi connectivity index (χ3n) is 5.87. The van der Waals surface area contributed by atoms with Crippen LogP contribution in [0.5, 0.6) is 0 Å². The predicted octanol–water partition coefficient (Wildman–Crippen LogP) is 4.84. The van der Waals surface area contributed by atoms with Crippen LogP contribution in [-0.2, 0) is 13.6 Å². The lowest BCUT2D eigenvalue weighted by Gasteiger charge is -2.32. The molecule has 4 aromatic rings. The van der Waals surface area contributed by atoms with Gasteiger partial charge in [0.2, 0.25) is 5.95 Å². The highest BCUT2D eigenvalue weighted by Crippen LogP contribution is 2.26. The molecule has 1 fully saturated rings. The van der Waals surface area contributed by atoms with Crippen LogP contribution >= 0.6 is 11.6 Å². The summed E-state index contributed by atoms with van der Waals surface area (Å²) in [5.74, 6) is 1.36. The van der Waals surface area contributed by atoms with Crippen molar-refractivity contribution < 1.29 is 0 Å². The minimum atomic E-state index is 0.344. The first-order valence-corrected chi connectivity index (χ1v) is 11.3. The van der Waals surface area contributed by atoms with Gasteiger partial charge in [-0.2, -0.15) is 15.1 Å². The zero-order valence-electron chi connectivity index (χ0n) is 18.0. The molecule has 2 aromatic carbocycles. The quantitative estimate of drug-likeness (QED) is 0.441. The number of benzene rings is 2. The van der Waals surface area contributed by atoms with E-state index >= 15 is 0 Å². The summed E-state index contributed by atoms with van der Waals surface area (Å²) in [5.41, 5.74) is 3.07. The number of likely N-dealkylation sites (tertiary alicyclic amines) is 1. The summed E-state index contributed by atoms with van der Waals surface area (Å²) in [6, 6.07) is 18.6. The molecule has 164 valence electrons. The molecular formula is C24H26ClN7. The minimum Gasteiger partial charge on any atom is -0.351 e. The van der Waals surface area contributed by atoms with Crippen LogP contribution in [0.2, 0.25) is 5.02 Å². The second-order valence-electron chi connectivity index (χ2n) is 8.21. The Morgan fingerprint density at radius 3 is 2.50 bits per heavy atom. The average Bonchev–Trinajstić information content (AvgIpc) is 3.18. The van der Waals surface area contributed by atoms with Crippen LogP contribution in [0.1, 0.15) is 18.4 Å². The van der Waals surface area contributed by atoms with Gasteiger partial charge in [-0.3, -0.25) is 9.58 Å². The Hall–Kier alpha value is -3.16. The zero-order chi connectivity index (χ0) is 21.9. The Balaban J connectivity index is 1.29. The van der Waals surface area contributed by atoms with E-state index < -0.39 is 0 Å². The molecule has 0 radical (unpaired) electrons. The molecule has 0 spiro atoms. The summed E-state index contributed by atoms with van der Waals surface area (Å²) in [5, 5.41) is 12.9. The molecule has 3 heterocycles. The first kappa shape index (κ1) is 20.7. The van der Waals surface area contributed by atoms with E-state index in [1.807, 2.05) is 31.3 Å². The molecule has 2 N–H and O–H groups in total. The van der Waals surface area contributed by atoms with Gasteiger partial charge in [0.1, 0.15) is 5.82 Å². The van der Waals surface area contributed by atoms with Gasteiger partial charge < -0.3 is 10.6 Å². The van der Waals surface area contributed by atoms with Crippen molar-refractivity contribution in [1.82, 2.24) is 24.6 Å². The number of aromatic nitrogens is 4. The standard InChI is InChI=1S/C24H26ClN7/c1-31-23-21(15-26-31)22(27-19-9-7-18(25)8-10-19)29-24(30-23)28-20-11-13-32(14-12-20)16-17-5-3-2-4-6-17/h2-10,15,20H,11-14,16H2,1H3,(H2,27,28,29,30). The molecular weight excluding hydrogens is 422 g/mol. The Labute approximate surface area is 192 Å². The summed E-state index contributed by atoms with van der Waals surface area (Å²) in [6.45, 7) is 3.10. The van der Waals surface area contributed by atoms with Crippen molar-refractivity contribution in [3.63, 3.8) is 0 Å². The van der Waals surface area contributed by atoms with Crippen LogP contribution in [-0.4, -0.2) is 43.8 Å². The molecule has 32 heavy (non-hydrogen) atoms. The van der Waals surface area contributed by atoms with Gasteiger partial charge in [0.15, 0.2) is 5.65 Å². The normalized spacial score (nSPS) is 15.2. The molecule has 0 unspecified atom stereocenters. The maximum atomic E-state index is 6.02. The molecule has 1 aliphatic heterocycles. The van der Waals surface area contributed by atoms with Gasteiger partial charge in [-0.15, -0.1) is 0 Å². The van der Waals surface area contributed by atoms with E-state index in [0.29, 0.717) is 17.0 Å². The third kappa shape index (κ3) is 4.69. The van der Waals surface area contributed by atoms with Gasteiger partial charge in [0.25, 0.3) is 0 Å². The van der Waals surface area contributed by atoms with Crippen molar-refractivity contribution in [3.8, 4) is 0 Å². The fraction of sp³-hybridized carbons (Fsp3) is 0.292. The van der Waals surface area contributed by atoms with E-state index in [9.17, 15) is 0 Å². The highest BCUT2D eigenvalue weighted by molar-refractivity contribution is 6.30. The van der Waals surface area contributed by atoms with E-state index in [2.05, 4.69) is 51.0 Å². The zero-order valence-corrected chi connectivity index (χ0v) is 18.8. The number of halogens is 1. The topological polar surface area (TPSA) is 70.9 Å². The second kappa shape index (κ2) is 9.14. The summed E-state index contributed by atoms with van der Waals surface area (Å²) in [7, 11) is 1.90. The summed E-state index contributed by atoms with van der Waals surface area (Å²) >= 11 is 6.02. The summed E-state index contributed by atoms with van der Waals surface area (Å²) < 4.78 is 1.78. The average molecular weight is 448 g/mol. The van der Waals surface area contributed by atoms with E-state index in [-0.39, 0.29) is 0 Å². The van der Waals surface area contributed by atoms with E-state index in [1.54, 1.807) is 10.9 Å². The molecule has 5 rings (SSSR count). The van der Waals surface area contributed by atoms with Crippen molar-refractivity contribution in [2.45, 2.75) is 25.4 Å². The maximum Gasteiger partial charge on any atom is 0.226 e. The fourth-order valence-electron chi connectivity index (χ4n) is 4.11. The molecule has 0 bridgehead atoms. The first-order chi connectivity index (χ1) is 15.6. The van der Waals surface area contributed by atoms with Crippen LogP contribution < -0.4 is 10.6 Å². The van der Waals surface area contributed by atoms with Crippen LogP contribution in [0.25, 0.3) is 11.0 Å². The van der Waals surface area contributed by atoms with E-state index in [1.165, 1.54) is 5.56 Å². The molecule has 0 saturated carbocycles. The van der Waals surface area contributed by atoms with Crippen LogP contribution in [0.15, 0.2) is 60.8 Å². The minimum absolute atomic E-state index is 0.344. The van der Waals surface area contributed by atoms with Crippen LogP contribution in [0.3, 0.4) is 0 Å². The first-order valence-electron chi connectivity index (χ1n) is 10.9. The molecule has 0 aliphatic carbocycles. The Bertz CT molecular complexity index is 1180.